The third-order valence-electron chi connectivity index (χ3n) is 2.71. The van der Waals surface area contributed by atoms with E-state index in [1.54, 1.807) is 18.2 Å². The van der Waals surface area contributed by atoms with Gasteiger partial charge in [0.25, 0.3) is 0 Å². The van der Waals surface area contributed by atoms with E-state index in [1.165, 1.54) is 0 Å². The van der Waals surface area contributed by atoms with Gasteiger partial charge in [-0.05, 0) is 12.1 Å². The first kappa shape index (κ1) is 11.8. The number of carbonyl (C=O) groups excluding carboxylic acids is 1. The van der Waals surface area contributed by atoms with Crippen molar-refractivity contribution in [3.63, 3.8) is 0 Å². The van der Waals surface area contributed by atoms with Crippen LogP contribution in [-0.4, -0.2) is 15.3 Å². The molecule has 4 nitrogen and oxygen atoms in total. The van der Waals surface area contributed by atoms with E-state index in [0.717, 1.165) is 22.4 Å². The number of nitrogens with zero attached hydrogens (tertiary/aromatic N) is 1. The summed E-state index contributed by atoms with van der Waals surface area (Å²) in [6.45, 7) is 0. The van der Waals surface area contributed by atoms with E-state index >= 15 is 0 Å². The lowest BCUT2D eigenvalue weighted by atomic mass is 10.2. The minimum atomic E-state index is -0.637. The number of H-pyrrole nitrogens is 1. The van der Waals surface area contributed by atoms with Crippen molar-refractivity contribution in [2.75, 3.05) is 0 Å². The molecule has 0 aliphatic heterocycles. The lowest BCUT2D eigenvalue weighted by Crippen LogP contribution is -1.95. The van der Waals surface area contributed by atoms with Crippen molar-refractivity contribution in [2.24, 2.45) is 0 Å². The monoisotopic (exact) mass is 270 g/mol. The smallest absolute Gasteiger partial charge is 0.369 e. The summed E-state index contributed by atoms with van der Waals surface area (Å²) in [6, 6.07) is 15.0. The zero-order chi connectivity index (χ0) is 13.2. The first-order chi connectivity index (χ1) is 9.22. The SMILES string of the molecule is O=C(S)Oc1ccc2nc(-c3ccccc3)[nH]c2c1. The predicted molar refractivity (Wildman–Crippen MR) is 76.5 cm³/mol. The molecule has 0 amide bonds. The third-order valence-corrected chi connectivity index (χ3v) is 2.80. The second kappa shape index (κ2) is 4.78. The van der Waals surface area contributed by atoms with Gasteiger partial charge in [0.05, 0.1) is 11.0 Å². The Balaban J connectivity index is 2.04. The minimum Gasteiger partial charge on any atom is -0.419 e. The number of rotatable bonds is 2. The topological polar surface area (TPSA) is 55.0 Å². The second-order valence-corrected chi connectivity index (χ2v) is 4.36. The molecule has 1 aromatic heterocycles. The van der Waals surface area contributed by atoms with Gasteiger partial charge in [0.2, 0.25) is 0 Å². The maximum absolute atomic E-state index is 10.8. The van der Waals surface area contributed by atoms with Crippen molar-refractivity contribution in [3.05, 3.63) is 48.5 Å². The number of ether oxygens (including phenoxy) is 1. The van der Waals surface area contributed by atoms with Gasteiger partial charge in [0, 0.05) is 11.6 Å². The molecule has 0 aliphatic rings. The number of hydrogen-bond acceptors (Lipinski definition) is 3. The highest BCUT2D eigenvalue weighted by molar-refractivity contribution is 7.96. The molecule has 0 atom stereocenters. The van der Waals surface area contributed by atoms with Gasteiger partial charge in [-0.1, -0.05) is 43.0 Å². The van der Waals surface area contributed by atoms with Crippen molar-refractivity contribution in [1.29, 1.82) is 0 Å². The van der Waals surface area contributed by atoms with Crippen LogP contribution in [0.3, 0.4) is 0 Å². The average molecular weight is 270 g/mol. The van der Waals surface area contributed by atoms with Crippen LogP contribution in [0, 0.1) is 0 Å². The van der Waals surface area contributed by atoms with Gasteiger partial charge in [0.1, 0.15) is 11.6 Å². The highest BCUT2D eigenvalue weighted by Gasteiger charge is 2.07. The molecule has 0 unspecified atom stereocenters. The molecule has 1 heterocycles. The maximum Gasteiger partial charge on any atom is 0.369 e. The molecule has 5 heteroatoms. The van der Waals surface area contributed by atoms with Crippen molar-refractivity contribution in [1.82, 2.24) is 9.97 Å². The van der Waals surface area contributed by atoms with Gasteiger partial charge in [-0.25, -0.2) is 9.78 Å². The summed E-state index contributed by atoms with van der Waals surface area (Å²) < 4.78 is 4.91. The standard InChI is InChI=1S/C14H10N2O2S/c17-14(19)18-10-6-7-11-12(8-10)16-13(15-11)9-4-2-1-3-5-9/h1-8H,(H,15,16)(H,17,19). The highest BCUT2D eigenvalue weighted by atomic mass is 32.1. The van der Waals surface area contributed by atoms with Gasteiger partial charge in [-0.2, -0.15) is 0 Å². The summed E-state index contributed by atoms with van der Waals surface area (Å²) in [5.41, 5.74) is 2.63. The molecular formula is C14H10N2O2S. The van der Waals surface area contributed by atoms with Crippen molar-refractivity contribution in [3.8, 4) is 17.1 Å². The quantitative estimate of drug-likeness (QED) is 0.552. The van der Waals surface area contributed by atoms with Crippen LogP contribution in [0.5, 0.6) is 5.75 Å². The minimum absolute atomic E-state index is 0.441. The van der Waals surface area contributed by atoms with Gasteiger partial charge in [0.15, 0.2) is 0 Å². The van der Waals surface area contributed by atoms with Crippen molar-refractivity contribution >= 4 is 29.0 Å². The van der Waals surface area contributed by atoms with Crippen LogP contribution in [0.15, 0.2) is 48.5 Å². The van der Waals surface area contributed by atoms with E-state index in [9.17, 15) is 4.79 Å². The number of fused-ring (bicyclic) bond motifs is 1. The number of imidazole rings is 1. The summed E-state index contributed by atoms with van der Waals surface area (Å²) in [5, 5.41) is -0.637. The van der Waals surface area contributed by atoms with Crippen LogP contribution in [0.25, 0.3) is 22.4 Å². The fraction of sp³-hybridized carbons (Fsp3) is 0. The molecule has 0 spiro atoms. The highest BCUT2D eigenvalue weighted by Crippen LogP contribution is 2.23. The first-order valence-corrected chi connectivity index (χ1v) is 6.13. The Kier molecular flexibility index (Phi) is 2.97. The molecule has 3 aromatic rings. The molecule has 0 radical (unpaired) electrons. The molecule has 0 bridgehead atoms. The van der Waals surface area contributed by atoms with Crippen LogP contribution in [0.1, 0.15) is 0 Å². The zero-order valence-corrected chi connectivity index (χ0v) is 10.7. The molecule has 1 N–H and O–H groups in total. The molecule has 19 heavy (non-hydrogen) atoms. The molecule has 0 aliphatic carbocycles. The van der Waals surface area contributed by atoms with Gasteiger partial charge in [-0.15, -0.1) is 0 Å². The lowest BCUT2D eigenvalue weighted by Gasteiger charge is -1.98. The van der Waals surface area contributed by atoms with Crippen LogP contribution >= 0.6 is 12.6 Å². The number of thiol groups is 1. The van der Waals surface area contributed by atoms with Gasteiger partial charge in [-0.3, -0.25) is 0 Å². The Morgan fingerprint density at radius 1 is 1.16 bits per heavy atom. The molecule has 2 aromatic carbocycles. The molecule has 0 saturated heterocycles. The third kappa shape index (κ3) is 2.46. The fourth-order valence-electron chi connectivity index (χ4n) is 1.89. The van der Waals surface area contributed by atoms with E-state index in [2.05, 4.69) is 22.6 Å². The van der Waals surface area contributed by atoms with Crippen LogP contribution in [0.4, 0.5) is 4.79 Å². The first-order valence-electron chi connectivity index (χ1n) is 5.68. The maximum atomic E-state index is 10.8. The summed E-state index contributed by atoms with van der Waals surface area (Å²) in [4.78, 5) is 18.5. The summed E-state index contributed by atoms with van der Waals surface area (Å²) in [6.07, 6.45) is 0. The number of hydrogen-bond donors (Lipinski definition) is 2. The summed E-state index contributed by atoms with van der Waals surface area (Å²) >= 11 is 3.58. The fourth-order valence-corrected chi connectivity index (χ4v) is 1.99. The largest absolute Gasteiger partial charge is 0.419 e. The molecular weight excluding hydrogens is 260 g/mol. The number of carbonyl (C=O) groups is 1. The van der Waals surface area contributed by atoms with Crippen LogP contribution in [0.2, 0.25) is 0 Å². The van der Waals surface area contributed by atoms with E-state index in [1.807, 2.05) is 30.3 Å². The number of aromatic nitrogens is 2. The summed E-state index contributed by atoms with van der Waals surface area (Å²) in [5.74, 6) is 1.22. The number of aromatic amines is 1. The predicted octanol–water partition coefficient (Wildman–Crippen LogP) is 3.66. The normalized spacial score (nSPS) is 10.6. The van der Waals surface area contributed by atoms with Crippen LogP contribution < -0.4 is 4.74 Å². The lowest BCUT2D eigenvalue weighted by molar-refractivity contribution is 0.227. The Bertz CT molecular complexity index is 738. The van der Waals surface area contributed by atoms with Gasteiger partial charge < -0.3 is 9.72 Å². The second-order valence-electron chi connectivity index (χ2n) is 4.00. The average Bonchev–Trinajstić information content (AvgIpc) is 2.82. The Hall–Kier alpha value is -2.27. The zero-order valence-electron chi connectivity index (χ0n) is 9.83. The summed E-state index contributed by atoms with van der Waals surface area (Å²) in [7, 11) is 0. The molecule has 0 fully saturated rings. The Labute approximate surface area is 114 Å². The Morgan fingerprint density at radius 2 is 1.95 bits per heavy atom. The van der Waals surface area contributed by atoms with E-state index < -0.39 is 5.30 Å². The molecule has 94 valence electrons. The van der Waals surface area contributed by atoms with Gasteiger partial charge >= 0.3 is 5.30 Å². The van der Waals surface area contributed by atoms with E-state index in [4.69, 9.17) is 4.74 Å². The Morgan fingerprint density at radius 3 is 2.68 bits per heavy atom. The van der Waals surface area contributed by atoms with Crippen molar-refractivity contribution < 1.29 is 9.53 Å². The number of nitrogens with one attached hydrogen (secondary N) is 1. The van der Waals surface area contributed by atoms with E-state index in [-0.39, 0.29) is 0 Å². The van der Waals surface area contributed by atoms with E-state index in [0.29, 0.717) is 5.75 Å². The van der Waals surface area contributed by atoms with Crippen LogP contribution in [-0.2, 0) is 0 Å². The molecule has 3 rings (SSSR count). The van der Waals surface area contributed by atoms with Crippen molar-refractivity contribution in [2.45, 2.75) is 0 Å². The molecule has 0 saturated carbocycles. The number of benzene rings is 2.